The van der Waals surface area contributed by atoms with Crippen LogP contribution in [0.25, 0.3) is 0 Å². The van der Waals surface area contributed by atoms with Gasteiger partial charge in [-0.1, -0.05) is 38.1 Å². The summed E-state index contributed by atoms with van der Waals surface area (Å²) in [4.78, 5) is 0. The second-order valence-corrected chi connectivity index (χ2v) is 5.35. The van der Waals surface area contributed by atoms with Crippen molar-refractivity contribution in [2.45, 2.75) is 32.7 Å². The van der Waals surface area contributed by atoms with Crippen LogP contribution in [0.15, 0.2) is 42.5 Å². The molecule has 0 bridgehead atoms. The predicted molar refractivity (Wildman–Crippen MR) is 80.6 cm³/mol. The van der Waals surface area contributed by atoms with Gasteiger partial charge in [-0.3, -0.25) is 0 Å². The van der Waals surface area contributed by atoms with Crippen molar-refractivity contribution in [2.75, 3.05) is 5.32 Å². The van der Waals surface area contributed by atoms with Crippen molar-refractivity contribution in [2.24, 2.45) is 0 Å². The van der Waals surface area contributed by atoms with Crippen molar-refractivity contribution < 1.29 is 9.50 Å². The van der Waals surface area contributed by atoms with Crippen LogP contribution < -0.4 is 5.32 Å². The molecule has 0 saturated carbocycles. The van der Waals surface area contributed by atoms with Crippen molar-refractivity contribution >= 4 is 5.69 Å². The summed E-state index contributed by atoms with van der Waals surface area (Å²) < 4.78 is 13.3. The highest BCUT2D eigenvalue weighted by Crippen LogP contribution is 2.24. The zero-order valence-electron chi connectivity index (χ0n) is 12.0. The molecule has 0 amide bonds. The van der Waals surface area contributed by atoms with E-state index in [0.717, 1.165) is 5.56 Å². The first kappa shape index (κ1) is 14.4. The third-order valence-corrected chi connectivity index (χ3v) is 3.43. The van der Waals surface area contributed by atoms with E-state index in [4.69, 9.17) is 0 Å². The largest absolute Gasteiger partial charge is 0.505 e. The molecule has 0 aliphatic carbocycles. The van der Waals surface area contributed by atoms with Crippen molar-refractivity contribution in [3.8, 4) is 5.75 Å². The molecule has 3 heteroatoms. The summed E-state index contributed by atoms with van der Waals surface area (Å²) in [7, 11) is 0. The van der Waals surface area contributed by atoms with Crippen LogP contribution in [0.3, 0.4) is 0 Å². The van der Waals surface area contributed by atoms with Crippen molar-refractivity contribution in [3.05, 3.63) is 59.4 Å². The molecule has 0 aliphatic rings. The van der Waals surface area contributed by atoms with Gasteiger partial charge in [0.15, 0.2) is 11.6 Å². The molecule has 0 spiro atoms. The number of phenolic OH excluding ortho intramolecular Hbond substituents is 1. The third kappa shape index (κ3) is 3.29. The lowest BCUT2D eigenvalue weighted by molar-refractivity contribution is 0.432. The van der Waals surface area contributed by atoms with Gasteiger partial charge in [-0.15, -0.1) is 0 Å². The maximum absolute atomic E-state index is 13.3. The number of rotatable bonds is 4. The molecular weight excluding hydrogens is 253 g/mol. The number of anilines is 1. The van der Waals surface area contributed by atoms with Crippen LogP contribution in [0.5, 0.6) is 5.75 Å². The van der Waals surface area contributed by atoms with Crippen LogP contribution in [0.2, 0.25) is 0 Å². The molecule has 0 radical (unpaired) electrons. The van der Waals surface area contributed by atoms with Crippen molar-refractivity contribution in [3.63, 3.8) is 0 Å². The molecule has 2 N–H and O–H groups in total. The van der Waals surface area contributed by atoms with Gasteiger partial charge in [0.2, 0.25) is 0 Å². The molecule has 106 valence electrons. The predicted octanol–water partition coefficient (Wildman–Crippen LogP) is 4.83. The summed E-state index contributed by atoms with van der Waals surface area (Å²) in [5.41, 5.74) is 3.10. The summed E-state index contributed by atoms with van der Waals surface area (Å²) in [6.07, 6.45) is 0. The number of phenols is 1. The minimum Gasteiger partial charge on any atom is -0.505 e. The van der Waals surface area contributed by atoms with E-state index in [1.165, 1.54) is 17.7 Å². The second kappa shape index (κ2) is 5.95. The van der Waals surface area contributed by atoms with Crippen molar-refractivity contribution in [1.29, 1.82) is 0 Å². The Labute approximate surface area is 119 Å². The molecular formula is C17H20FNO. The van der Waals surface area contributed by atoms with Crippen LogP contribution in [-0.4, -0.2) is 5.11 Å². The standard InChI is InChI=1S/C17H20FNO/c1-11(2)13-4-6-14(7-5-13)12(3)19-15-8-9-17(20)16(18)10-15/h4-12,19-20H,1-3H3. The maximum atomic E-state index is 13.3. The van der Waals surface area contributed by atoms with Crippen LogP contribution >= 0.6 is 0 Å². The Hall–Kier alpha value is -2.03. The monoisotopic (exact) mass is 273 g/mol. The van der Waals surface area contributed by atoms with E-state index in [0.29, 0.717) is 11.6 Å². The average molecular weight is 273 g/mol. The lowest BCUT2D eigenvalue weighted by Crippen LogP contribution is -2.06. The van der Waals surface area contributed by atoms with E-state index in [1.807, 2.05) is 6.92 Å². The SMILES string of the molecule is CC(C)c1ccc(C(C)Nc2ccc(O)c(F)c2)cc1. The smallest absolute Gasteiger partial charge is 0.166 e. The zero-order valence-corrected chi connectivity index (χ0v) is 12.0. The van der Waals surface area contributed by atoms with Crippen molar-refractivity contribution in [1.82, 2.24) is 0 Å². The van der Waals surface area contributed by atoms with E-state index in [1.54, 1.807) is 6.07 Å². The second-order valence-electron chi connectivity index (χ2n) is 5.35. The lowest BCUT2D eigenvalue weighted by Gasteiger charge is -2.17. The highest BCUT2D eigenvalue weighted by atomic mass is 19.1. The van der Waals surface area contributed by atoms with Crippen LogP contribution in [0, 0.1) is 5.82 Å². The van der Waals surface area contributed by atoms with Gasteiger partial charge in [0, 0.05) is 17.8 Å². The molecule has 0 heterocycles. The normalized spacial score (nSPS) is 12.4. The van der Waals surface area contributed by atoms with E-state index in [-0.39, 0.29) is 11.8 Å². The molecule has 2 nitrogen and oxygen atoms in total. The van der Waals surface area contributed by atoms with E-state index in [9.17, 15) is 9.50 Å². The van der Waals surface area contributed by atoms with Gasteiger partial charge in [0.1, 0.15) is 0 Å². The molecule has 2 aromatic rings. The molecule has 0 fully saturated rings. The number of aromatic hydroxyl groups is 1. The molecule has 2 aromatic carbocycles. The van der Waals surface area contributed by atoms with Crippen LogP contribution in [0.1, 0.15) is 43.9 Å². The Balaban J connectivity index is 2.10. The highest BCUT2D eigenvalue weighted by molar-refractivity contribution is 5.48. The third-order valence-electron chi connectivity index (χ3n) is 3.43. The lowest BCUT2D eigenvalue weighted by atomic mass is 9.99. The molecule has 1 atom stereocenters. The first-order valence-corrected chi connectivity index (χ1v) is 6.82. The fourth-order valence-electron chi connectivity index (χ4n) is 2.10. The Morgan fingerprint density at radius 3 is 2.10 bits per heavy atom. The Kier molecular flexibility index (Phi) is 4.28. The maximum Gasteiger partial charge on any atom is 0.166 e. The van der Waals surface area contributed by atoms with E-state index < -0.39 is 5.82 Å². The van der Waals surface area contributed by atoms with E-state index in [2.05, 4.69) is 43.4 Å². The molecule has 0 saturated heterocycles. The van der Waals surface area contributed by atoms with E-state index >= 15 is 0 Å². The molecule has 0 aromatic heterocycles. The average Bonchev–Trinajstić information content (AvgIpc) is 2.43. The fourth-order valence-corrected chi connectivity index (χ4v) is 2.10. The summed E-state index contributed by atoms with van der Waals surface area (Å²) in [5.74, 6) is -0.430. The number of hydrogen-bond donors (Lipinski definition) is 2. The summed E-state index contributed by atoms with van der Waals surface area (Å²) in [5, 5.41) is 12.4. The molecule has 20 heavy (non-hydrogen) atoms. The van der Waals surface area contributed by atoms with Gasteiger partial charge < -0.3 is 10.4 Å². The van der Waals surface area contributed by atoms with Crippen LogP contribution in [0.4, 0.5) is 10.1 Å². The molecule has 2 rings (SSSR count). The summed E-state index contributed by atoms with van der Waals surface area (Å²) in [6, 6.07) is 12.8. The zero-order chi connectivity index (χ0) is 14.7. The van der Waals surface area contributed by atoms with Gasteiger partial charge in [-0.05, 0) is 36.1 Å². The Bertz CT molecular complexity index is 578. The number of halogens is 1. The molecule has 1 unspecified atom stereocenters. The summed E-state index contributed by atoms with van der Waals surface area (Å²) >= 11 is 0. The first-order chi connectivity index (χ1) is 9.47. The minimum atomic E-state index is -0.614. The number of benzene rings is 2. The van der Waals surface area contributed by atoms with Gasteiger partial charge in [0.25, 0.3) is 0 Å². The molecule has 0 aliphatic heterocycles. The Morgan fingerprint density at radius 2 is 1.55 bits per heavy atom. The minimum absolute atomic E-state index is 0.0696. The van der Waals surface area contributed by atoms with Crippen LogP contribution in [-0.2, 0) is 0 Å². The van der Waals surface area contributed by atoms with Gasteiger partial charge in [0.05, 0.1) is 0 Å². The summed E-state index contributed by atoms with van der Waals surface area (Å²) in [6.45, 7) is 6.35. The highest BCUT2D eigenvalue weighted by Gasteiger charge is 2.08. The van der Waals surface area contributed by atoms with Gasteiger partial charge in [-0.2, -0.15) is 0 Å². The van der Waals surface area contributed by atoms with Gasteiger partial charge >= 0.3 is 0 Å². The topological polar surface area (TPSA) is 32.3 Å². The fraction of sp³-hybridized carbons (Fsp3) is 0.294. The first-order valence-electron chi connectivity index (χ1n) is 6.82. The number of hydrogen-bond acceptors (Lipinski definition) is 2. The Morgan fingerprint density at radius 1 is 0.950 bits per heavy atom. The quantitative estimate of drug-likeness (QED) is 0.782. The number of nitrogens with one attached hydrogen (secondary N) is 1. The van der Waals surface area contributed by atoms with Gasteiger partial charge in [-0.25, -0.2) is 4.39 Å².